The molecular formula is C26H25N5O2. The van der Waals surface area contributed by atoms with Crippen LogP contribution in [0.5, 0.6) is 0 Å². The summed E-state index contributed by atoms with van der Waals surface area (Å²) < 4.78 is 1.99. The maximum atomic E-state index is 13.1. The van der Waals surface area contributed by atoms with Crippen LogP contribution in [0.2, 0.25) is 0 Å². The van der Waals surface area contributed by atoms with Crippen molar-refractivity contribution in [1.82, 2.24) is 19.4 Å². The molecule has 0 bridgehead atoms. The number of nitriles is 1. The number of benzene rings is 2. The molecule has 7 heteroatoms. The number of carbonyl (C=O) groups excluding carboxylic acids is 2. The Morgan fingerprint density at radius 3 is 2.55 bits per heavy atom. The van der Waals surface area contributed by atoms with Crippen LogP contribution in [0, 0.1) is 11.3 Å². The van der Waals surface area contributed by atoms with Gasteiger partial charge in [0.05, 0.1) is 19.0 Å². The van der Waals surface area contributed by atoms with Crippen LogP contribution in [-0.4, -0.2) is 63.8 Å². The normalized spacial score (nSPS) is 14.6. The van der Waals surface area contributed by atoms with E-state index in [1.807, 2.05) is 70.3 Å². The van der Waals surface area contributed by atoms with Crippen molar-refractivity contribution in [2.24, 2.45) is 0 Å². The summed E-state index contributed by atoms with van der Waals surface area (Å²) in [6.45, 7) is 3.38. The van der Waals surface area contributed by atoms with Gasteiger partial charge in [-0.25, -0.2) is 0 Å². The average molecular weight is 440 g/mol. The SMILES string of the molecule is N#CCCn1cc(C(=O)CN2CCN(C(=O)c3cc4ccccc4[nH]3)CC2)c2ccccc21. The van der Waals surface area contributed by atoms with Crippen LogP contribution in [0.4, 0.5) is 0 Å². The van der Waals surface area contributed by atoms with Gasteiger partial charge < -0.3 is 14.5 Å². The number of nitrogens with zero attached hydrogens (tertiary/aromatic N) is 4. The van der Waals surface area contributed by atoms with Gasteiger partial charge in [-0.1, -0.05) is 36.4 Å². The van der Waals surface area contributed by atoms with Crippen LogP contribution in [-0.2, 0) is 6.54 Å². The van der Waals surface area contributed by atoms with Gasteiger partial charge in [-0.3, -0.25) is 14.5 Å². The van der Waals surface area contributed by atoms with Gasteiger partial charge in [-0.05, 0) is 18.2 Å². The maximum absolute atomic E-state index is 13.1. The molecule has 5 rings (SSSR count). The Morgan fingerprint density at radius 1 is 1.00 bits per heavy atom. The molecule has 0 atom stereocenters. The van der Waals surface area contributed by atoms with Gasteiger partial charge in [-0.15, -0.1) is 0 Å². The number of ketones is 1. The zero-order valence-corrected chi connectivity index (χ0v) is 18.3. The minimum absolute atomic E-state index is 0.00209. The van der Waals surface area contributed by atoms with E-state index >= 15 is 0 Å². The minimum Gasteiger partial charge on any atom is -0.351 e. The number of hydrogen-bond donors (Lipinski definition) is 1. The van der Waals surface area contributed by atoms with E-state index in [-0.39, 0.29) is 11.7 Å². The first kappa shape index (κ1) is 21.0. The Hall–Kier alpha value is -3.89. The van der Waals surface area contributed by atoms with Crippen molar-refractivity contribution in [3.63, 3.8) is 0 Å². The molecule has 0 unspecified atom stereocenters. The molecule has 4 aromatic rings. The van der Waals surface area contributed by atoms with Crippen molar-refractivity contribution < 1.29 is 9.59 Å². The number of carbonyl (C=O) groups is 2. The van der Waals surface area contributed by atoms with Crippen molar-refractivity contribution in [3.05, 3.63) is 72.1 Å². The third-order valence-electron chi connectivity index (χ3n) is 6.34. The molecule has 2 aromatic carbocycles. The summed E-state index contributed by atoms with van der Waals surface area (Å²) in [5, 5.41) is 10.9. The lowest BCUT2D eigenvalue weighted by Crippen LogP contribution is -2.50. The van der Waals surface area contributed by atoms with E-state index in [0.717, 1.165) is 21.8 Å². The zero-order valence-electron chi connectivity index (χ0n) is 18.3. The van der Waals surface area contributed by atoms with E-state index in [9.17, 15) is 9.59 Å². The van der Waals surface area contributed by atoms with Gasteiger partial charge in [0.2, 0.25) is 0 Å². The van der Waals surface area contributed by atoms with E-state index in [0.29, 0.717) is 56.9 Å². The Labute approximate surface area is 191 Å². The van der Waals surface area contributed by atoms with Gasteiger partial charge in [-0.2, -0.15) is 5.26 Å². The predicted octanol–water partition coefficient (Wildman–Crippen LogP) is 3.68. The molecule has 0 radical (unpaired) electrons. The highest BCUT2D eigenvalue weighted by atomic mass is 16.2. The molecule has 0 aliphatic carbocycles. The van der Waals surface area contributed by atoms with E-state index in [4.69, 9.17) is 5.26 Å². The number of fused-ring (bicyclic) bond motifs is 2. The first-order chi connectivity index (χ1) is 16.1. The highest BCUT2D eigenvalue weighted by Crippen LogP contribution is 2.23. The van der Waals surface area contributed by atoms with Crippen LogP contribution in [0.1, 0.15) is 27.3 Å². The maximum Gasteiger partial charge on any atom is 0.270 e. The minimum atomic E-state index is -0.00209. The highest BCUT2D eigenvalue weighted by molar-refractivity contribution is 6.09. The second kappa shape index (κ2) is 8.93. The Morgan fingerprint density at radius 2 is 1.76 bits per heavy atom. The number of nitrogens with one attached hydrogen (secondary N) is 1. The van der Waals surface area contributed by atoms with E-state index in [1.54, 1.807) is 0 Å². The van der Waals surface area contributed by atoms with E-state index < -0.39 is 0 Å². The predicted molar refractivity (Wildman–Crippen MR) is 127 cm³/mol. The summed E-state index contributed by atoms with van der Waals surface area (Å²) in [4.78, 5) is 33.3. The molecule has 166 valence electrons. The van der Waals surface area contributed by atoms with Crippen LogP contribution in [0.15, 0.2) is 60.8 Å². The number of amides is 1. The molecule has 1 fully saturated rings. The molecule has 1 aliphatic rings. The highest BCUT2D eigenvalue weighted by Gasteiger charge is 2.25. The number of H-pyrrole nitrogens is 1. The molecule has 0 saturated carbocycles. The van der Waals surface area contributed by atoms with Crippen molar-refractivity contribution in [2.75, 3.05) is 32.7 Å². The molecule has 3 heterocycles. The molecule has 0 spiro atoms. The summed E-state index contributed by atoms with van der Waals surface area (Å²) in [5.74, 6) is 0.0649. The zero-order chi connectivity index (χ0) is 22.8. The van der Waals surface area contributed by atoms with Crippen LogP contribution >= 0.6 is 0 Å². The smallest absolute Gasteiger partial charge is 0.270 e. The molecule has 1 aliphatic heterocycles. The number of Topliss-reactive ketones (excluding diaryl/α,β-unsaturated/α-hetero) is 1. The molecule has 2 aromatic heterocycles. The summed E-state index contributed by atoms with van der Waals surface area (Å²) in [6.07, 6.45) is 2.28. The summed E-state index contributed by atoms with van der Waals surface area (Å²) in [5.41, 5.74) is 3.23. The fraction of sp³-hybridized carbons (Fsp3) is 0.269. The van der Waals surface area contributed by atoms with Crippen LogP contribution in [0.3, 0.4) is 0 Å². The lowest BCUT2D eigenvalue weighted by molar-refractivity contribution is 0.0620. The topological polar surface area (TPSA) is 85.1 Å². The molecule has 1 amide bonds. The van der Waals surface area contributed by atoms with Crippen molar-refractivity contribution in [2.45, 2.75) is 13.0 Å². The number of aromatic nitrogens is 2. The lowest BCUT2D eigenvalue weighted by atomic mass is 10.1. The molecule has 33 heavy (non-hydrogen) atoms. The summed E-state index contributed by atoms with van der Waals surface area (Å²) in [6, 6.07) is 19.8. The van der Waals surface area contributed by atoms with Crippen molar-refractivity contribution in [3.8, 4) is 6.07 Å². The fourth-order valence-corrected chi connectivity index (χ4v) is 4.58. The van der Waals surface area contributed by atoms with Crippen molar-refractivity contribution >= 4 is 33.5 Å². The van der Waals surface area contributed by atoms with Crippen molar-refractivity contribution in [1.29, 1.82) is 5.26 Å². The fourth-order valence-electron chi connectivity index (χ4n) is 4.58. The second-order valence-electron chi connectivity index (χ2n) is 8.42. The standard InChI is InChI=1S/C26H25N5O2/c27-10-5-11-31-17-21(20-7-2-4-9-24(20)31)25(32)18-29-12-14-30(15-13-29)26(33)23-16-19-6-1-3-8-22(19)28-23/h1-4,6-9,16-17,28H,5,11-15,18H2. The number of para-hydroxylation sites is 2. The second-order valence-corrected chi connectivity index (χ2v) is 8.42. The number of aromatic amines is 1. The summed E-state index contributed by atoms with van der Waals surface area (Å²) >= 11 is 0. The quantitative estimate of drug-likeness (QED) is 0.465. The lowest BCUT2D eigenvalue weighted by Gasteiger charge is -2.34. The van der Waals surface area contributed by atoms with Gasteiger partial charge in [0, 0.05) is 66.3 Å². The number of rotatable bonds is 6. The monoisotopic (exact) mass is 439 g/mol. The molecule has 7 nitrogen and oxygen atoms in total. The van der Waals surface area contributed by atoms with Crippen LogP contribution < -0.4 is 0 Å². The Balaban J connectivity index is 1.24. The Kier molecular flexibility index (Phi) is 5.68. The molecule has 1 N–H and O–H groups in total. The van der Waals surface area contributed by atoms with E-state index in [2.05, 4.69) is 16.0 Å². The summed E-state index contributed by atoms with van der Waals surface area (Å²) in [7, 11) is 0. The van der Waals surface area contributed by atoms with E-state index in [1.165, 1.54) is 0 Å². The number of hydrogen-bond acceptors (Lipinski definition) is 4. The van der Waals surface area contributed by atoms with Gasteiger partial charge in [0.25, 0.3) is 5.91 Å². The molecular weight excluding hydrogens is 414 g/mol. The molecule has 1 saturated heterocycles. The average Bonchev–Trinajstić information content (AvgIpc) is 3.45. The first-order valence-corrected chi connectivity index (χ1v) is 11.2. The van der Waals surface area contributed by atoms with Gasteiger partial charge in [0.15, 0.2) is 5.78 Å². The van der Waals surface area contributed by atoms with Gasteiger partial charge in [0.1, 0.15) is 5.69 Å². The number of piperazine rings is 1. The number of aryl methyl sites for hydroxylation is 1. The third kappa shape index (κ3) is 4.13. The largest absolute Gasteiger partial charge is 0.351 e. The van der Waals surface area contributed by atoms with Gasteiger partial charge >= 0.3 is 0 Å². The van der Waals surface area contributed by atoms with Crippen LogP contribution in [0.25, 0.3) is 21.8 Å². The third-order valence-corrected chi connectivity index (χ3v) is 6.34. The first-order valence-electron chi connectivity index (χ1n) is 11.2. The Bertz CT molecular complexity index is 1340.